The van der Waals surface area contributed by atoms with Crippen LogP contribution in [0.25, 0.3) is 0 Å². The number of rotatable bonds is 4. The summed E-state index contributed by atoms with van der Waals surface area (Å²) in [7, 11) is 0. The van der Waals surface area contributed by atoms with Gasteiger partial charge < -0.3 is 10.4 Å². The molecular weight excluding hydrogens is 274 g/mol. The Labute approximate surface area is 132 Å². The van der Waals surface area contributed by atoms with Crippen molar-refractivity contribution in [2.24, 2.45) is 5.41 Å². The van der Waals surface area contributed by atoms with Crippen LogP contribution in [0.3, 0.4) is 0 Å². The van der Waals surface area contributed by atoms with Gasteiger partial charge in [-0.1, -0.05) is 12.5 Å². The first-order valence-corrected chi connectivity index (χ1v) is 8.77. The smallest absolute Gasteiger partial charge is 0.335 e. The van der Waals surface area contributed by atoms with E-state index in [2.05, 4.69) is 5.32 Å². The van der Waals surface area contributed by atoms with Crippen LogP contribution in [0, 0.1) is 5.41 Å². The molecule has 22 heavy (non-hydrogen) atoms. The Hall–Kier alpha value is -1.35. The summed E-state index contributed by atoms with van der Waals surface area (Å²) in [6, 6.07) is 6.42. The lowest BCUT2D eigenvalue weighted by Crippen LogP contribution is -2.57. The first-order chi connectivity index (χ1) is 10.7. The van der Waals surface area contributed by atoms with Crippen molar-refractivity contribution in [2.45, 2.75) is 63.3 Å². The number of carbonyl (C=O) groups is 1. The molecule has 2 unspecified atom stereocenters. The molecule has 1 spiro atoms. The number of carboxylic acids is 1. The van der Waals surface area contributed by atoms with Gasteiger partial charge in [-0.2, -0.15) is 0 Å². The molecule has 0 amide bonds. The van der Waals surface area contributed by atoms with Gasteiger partial charge in [0.1, 0.15) is 0 Å². The zero-order valence-corrected chi connectivity index (χ0v) is 13.1. The SMILES string of the molecule is O=C(O)c1ccc2c(c1)C(CNC1CCC13CCC3)CCC2. The molecule has 0 aliphatic heterocycles. The van der Waals surface area contributed by atoms with Crippen LogP contribution in [0.5, 0.6) is 0 Å². The summed E-state index contributed by atoms with van der Waals surface area (Å²) in [6.45, 7) is 1.02. The molecule has 118 valence electrons. The Bertz CT molecular complexity index is 586. The summed E-state index contributed by atoms with van der Waals surface area (Å²) in [6.07, 6.45) is 10.5. The summed E-state index contributed by atoms with van der Waals surface area (Å²) < 4.78 is 0. The first-order valence-electron chi connectivity index (χ1n) is 8.77. The molecule has 0 bridgehead atoms. The van der Waals surface area contributed by atoms with E-state index in [4.69, 9.17) is 0 Å². The van der Waals surface area contributed by atoms with E-state index >= 15 is 0 Å². The normalized spacial score (nSPS) is 28.5. The fourth-order valence-electron chi connectivity index (χ4n) is 4.77. The predicted molar refractivity (Wildman–Crippen MR) is 86.4 cm³/mol. The fraction of sp³-hybridized carbons (Fsp3) is 0.632. The minimum absolute atomic E-state index is 0.435. The van der Waals surface area contributed by atoms with Crippen molar-refractivity contribution >= 4 is 5.97 Å². The Morgan fingerprint density at radius 3 is 2.73 bits per heavy atom. The number of fused-ring (bicyclic) bond motifs is 1. The lowest BCUT2D eigenvalue weighted by molar-refractivity contribution is -0.0179. The minimum atomic E-state index is -0.813. The van der Waals surface area contributed by atoms with Crippen LogP contribution >= 0.6 is 0 Å². The van der Waals surface area contributed by atoms with E-state index in [1.54, 1.807) is 6.07 Å². The van der Waals surface area contributed by atoms with E-state index in [9.17, 15) is 9.90 Å². The van der Waals surface area contributed by atoms with Gasteiger partial charge in [0.25, 0.3) is 0 Å². The van der Waals surface area contributed by atoms with Gasteiger partial charge in [0, 0.05) is 12.6 Å². The summed E-state index contributed by atoms with van der Waals surface area (Å²) in [5.41, 5.74) is 3.71. The van der Waals surface area contributed by atoms with Crippen LogP contribution in [-0.2, 0) is 6.42 Å². The number of hydrogen-bond donors (Lipinski definition) is 2. The van der Waals surface area contributed by atoms with E-state index in [0.717, 1.165) is 13.0 Å². The molecule has 3 heteroatoms. The maximum Gasteiger partial charge on any atom is 0.335 e. The maximum absolute atomic E-state index is 11.2. The molecule has 4 rings (SSSR count). The zero-order valence-electron chi connectivity index (χ0n) is 13.1. The van der Waals surface area contributed by atoms with Crippen LogP contribution in [0.1, 0.15) is 72.3 Å². The maximum atomic E-state index is 11.2. The first kappa shape index (κ1) is 14.3. The molecular formula is C19H25NO2. The highest BCUT2D eigenvalue weighted by Crippen LogP contribution is 2.55. The second-order valence-corrected chi connectivity index (χ2v) is 7.52. The van der Waals surface area contributed by atoms with Crippen LogP contribution in [0.15, 0.2) is 18.2 Å². The summed E-state index contributed by atoms with van der Waals surface area (Å²) >= 11 is 0. The average molecular weight is 299 g/mol. The number of hydrogen-bond acceptors (Lipinski definition) is 2. The second-order valence-electron chi connectivity index (χ2n) is 7.52. The van der Waals surface area contributed by atoms with Gasteiger partial charge in [0.15, 0.2) is 0 Å². The molecule has 3 aliphatic carbocycles. The van der Waals surface area contributed by atoms with Crippen molar-refractivity contribution in [3.05, 3.63) is 34.9 Å². The Balaban J connectivity index is 1.47. The molecule has 0 saturated heterocycles. The van der Waals surface area contributed by atoms with Gasteiger partial charge in [0.2, 0.25) is 0 Å². The lowest BCUT2D eigenvalue weighted by atomic mass is 9.53. The number of aromatic carboxylic acids is 1. The van der Waals surface area contributed by atoms with Gasteiger partial charge in [-0.25, -0.2) is 4.79 Å². The molecule has 1 aromatic carbocycles. The predicted octanol–water partition coefficient (Wildman–Crippen LogP) is 3.73. The monoisotopic (exact) mass is 299 g/mol. The number of nitrogens with one attached hydrogen (secondary N) is 1. The Morgan fingerprint density at radius 1 is 1.23 bits per heavy atom. The van der Waals surface area contributed by atoms with Crippen molar-refractivity contribution in [2.75, 3.05) is 6.54 Å². The summed E-state index contributed by atoms with van der Waals surface area (Å²) in [4.78, 5) is 11.2. The van der Waals surface area contributed by atoms with Crippen molar-refractivity contribution in [3.63, 3.8) is 0 Å². The third-order valence-electron chi connectivity index (χ3n) is 6.46. The lowest BCUT2D eigenvalue weighted by Gasteiger charge is -2.56. The minimum Gasteiger partial charge on any atom is -0.478 e. The van der Waals surface area contributed by atoms with Gasteiger partial charge in [-0.05, 0) is 79.5 Å². The molecule has 2 atom stereocenters. The third-order valence-corrected chi connectivity index (χ3v) is 6.46. The highest BCUT2D eigenvalue weighted by molar-refractivity contribution is 5.88. The molecule has 2 fully saturated rings. The average Bonchev–Trinajstić information content (AvgIpc) is 2.44. The number of benzene rings is 1. The van der Waals surface area contributed by atoms with E-state index in [0.29, 0.717) is 22.9 Å². The highest BCUT2D eigenvalue weighted by Gasteiger charge is 2.50. The molecule has 2 saturated carbocycles. The van der Waals surface area contributed by atoms with E-state index in [1.807, 2.05) is 12.1 Å². The van der Waals surface area contributed by atoms with Crippen LogP contribution in [0.2, 0.25) is 0 Å². The zero-order chi connectivity index (χ0) is 15.2. The van der Waals surface area contributed by atoms with E-state index in [-0.39, 0.29) is 0 Å². The Morgan fingerprint density at radius 2 is 2.09 bits per heavy atom. The topological polar surface area (TPSA) is 49.3 Å². The molecule has 1 aromatic rings. The second kappa shape index (κ2) is 5.38. The van der Waals surface area contributed by atoms with Crippen molar-refractivity contribution < 1.29 is 9.90 Å². The molecule has 0 radical (unpaired) electrons. The van der Waals surface area contributed by atoms with Gasteiger partial charge >= 0.3 is 5.97 Å². The van der Waals surface area contributed by atoms with Gasteiger partial charge in [-0.15, -0.1) is 0 Å². The summed E-state index contributed by atoms with van der Waals surface area (Å²) in [5, 5.41) is 13.1. The largest absolute Gasteiger partial charge is 0.478 e. The number of carboxylic acid groups (broad SMARTS) is 1. The van der Waals surface area contributed by atoms with Gasteiger partial charge in [0.05, 0.1) is 5.56 Å². The van der Waals surface area contributed by atoms with Gasteiger partial charge in [-0.3, -0.25) is 0 Å². The van der Waals surface area contributed by atoms with Crippen molar-refractivity contribution in [3.8, 4) is 0 Å². The van der Waals surface area contributed by atoms with E-state index < -0.39 is 5.97 Å². The van der Waals surface area contributed by atoms with Crippen LogP contribution < -0.4 is 5.32 Å². The molecule has 3 aliphatic rings. The number of aryl methyl sites for hydroxylation is 1. The summed E-state index contributed by atoms with van der Waals surface area (Å²) in [5.74, 6) is -0.326. The van der Waals surface area contributed by atoms with Crippen molar-refractivity contribution in [1.82, 2.24) is 5.32 Å². The molecule has 0 aromatic heterocycles. The van der Waals surface area contributed by atoms with E-state index in [1.165, 1.54) is 56.1 Å². The third kappa shape index (κ3) is 2.26. The Kier molecular flexibility index (Phi) is 3.48. The van der Waals surface area contributed by atoms with Crippen LogP contribution in [-0.4, -0.2) is 23.7 Å². The van der Waals surface area contributed by atoms with Crippen molar-refractivity contribution in [1.29, 1.82) is 0 Å². The molecule has 3 nitrogen and oxygen atoms in total. The standard InChI is InChI=1S/C19H25NO2/c21-18(22)14-6-5-13-3-1-4-15(16(13)11-14)12-20-17-7-10-19(17)8-2-9-19/h5-6,11,15,17,20H,1-4,7-10,12H2,(H,21,22). The fourth-order valence-corrected chi connectivity index (χ4v) is 4.77. The van der Waals surface area contributed by atoms with Crippen LogP contribution in [0.4, 0.5) is 0 Å². The quantitative estimate of drug-likeness (QED) is 0.890. The molecule has 0 heterocycles. The highest BCUT2D eigenvalue weighted by atomic mass is 16.4. The molecule has 2 N–H and O–H groups in total.